The van der Waals surface area contributed by atoms with Crippen molar-refractivity contribution in [2.45, 2.75) is 44.8 Å². The van der Waals surface area contributed by atoms with E-state index in [0.29, 0.717) is 13.0 Å². The number of methoxy groups -OCH3 is 1. The average molecular weight is 306 g/mol. The zero-order valence-electron chi connectivity index (χ0n) is 13.5. The van der Waals surface area contributed by atoms with Gasteiger partial charge in [0.1, 0.15) is 5.75 Å². The number of ether oxygens (including phenoxy) is 2. The SMILES string of the molecule is CCOC(=O)C[C@H]1CC[C@@H](N)CN1Cc1ccc(OC)cc1. The van der Waals surface area contributed by atoms with Gasteiger partial charge in [0.15, 0.2) is 0 Å². The number of hydrogen-bond acceptors (Lipinski definition) is 5. The molecule has 0 spiro atoms. The molecule has 1 aromatic rings. The first-order chi connectivity index (χ1) is 10.6. The zero-order valence-corrected chi connectivity index (χ0v) is 13.5. The molecule has 1 saturated heterocycles. The van der Waals surface area contributed by atoms with Gasteiger partial charge in [0.05, 0.1) is 20.1 Å². The summed E-state index contributed by atoms with van der Waals surface area (Å²) in [5, 5.41) is 0. The lowest BCUT2D eigenvalue weighted by Gasteiger charge is -2.38. The third-order valence-electron chi connectivity index (χ3n) is 4.11. The first kappa shape index (κ1) is 16.8. The lowest BCUT2D eigenvalue weighted by atomic mass is 9.95. The third-order valence-corrected chi connectivity index (χ3v) is 4.11. The monoisotopic (exact) mass is 306 g/mol. The van der Waals surface area contributed by atoms with E-state index in [-0.39, 0.29) is 18.1 Å². The molecule has 122 valence electrons. The molecule has 22 heavy (non-hydrogen) atoms. The summed E-state index contributed by atoms with van der Waals surface area (Å²) in [5.41, 5.74) is 7.30. The Labute approximate surface area is 132 Å². The van der Waals surface area contributed by atoms with Gasteiger partial charge in [0.2, 0.25) is 0 Å². The average Bonchev–Trinajstić information content (AvgIpc) is 2.51. The van der Waals surface area contributed by atoms with Crippen LogP contribution in [0.5, 0.6) is 5.75 Å². The molecule has 5 nitrogen and oxygen atoms in total. The lowest BCUT2D eigenvalue weighted by molar-refractivity contribution is -0.145. The van der Waals surface area contributed by atoms with Crippen LogP contribution in [0.2, 0.25) is 0 Å². The van der Waals surface area contributed by atoms with Gasteiger partial charge in [0, 0.05) is 25.2 Å². The summed E-state index contributed by atoms with van der Waals surface area (Å²) in [6, 6.07) is 8.41. The molecule has 0 bridgehead atoms. The molecule has 0 amide bonds. The van der Waals surface area contributed by atoms with Gasteiger partial charge in [-0.05, 0) is 37.5 Å². The molecule has 2 atom stereocenters. The normalized spacial score (nSPS) is 22.3. The number of nitrogens with two attached hydrogens (primary N) is 1. The fraction of sp³-hybridized carbons (Fsp3) is 0.588. The van der Waals surface area contributed by atoms with E-state index in [2.05, 4.69) is 17.0 Å². The summed E-state index contributed by atoms with van der Waals surface area (Å²) in [6.07, 6.45) is 2.34. The van der Waals surface area contributed by atoms with Crippen LogP contribution >= 0.6 is 0 Å². The second-order valence-electron chi connectivity index (χ2n) is 5.78. The number of esters is 1. The Morgan fingerprint density at radius 2 is 2.05 bits per heavy atom. The topological polar surface area (TPSA) is 64.8 Å². The number of likely N-dealkylation sites (tertiary alicyclic amines) is 1. The number of piperidine rings is 1. The summed E-state index contributed by atoms with van der Waals surface area (Å²) in [6.45, 7) is 3.88. The van der Waals surface area contributed by atoms with Crippen molar-refractivity contribution in [3.05, 3.63) is 29.8 Å². The predicted octanol–water partition coefficient (Wildman–Crippen LogP) is 1.94. The molecule has 0 radical (unpaired) electrons. The van der Waals surface area contributed by atoms with Crippen LogP contribution in [-0.2, 0) is 16.1 Å². The van der Waals surface area contributed by atoms with Gasteiger partial charge in [-0.2, -0.15) is 0 Å². The van der Waals surface area contributed by atoms with Crippen molar-refractivity contribution in [2.24, 2.45) is 5.73 Å². The predicted molar refractivity (Wildman–Crippen MR) is 85.7 cm³/mol. The van der Waals surface area contributed by atoms with Gasteiger partial charge in [-0.3, -0.25) is 9.69 Å². The largest absolute Gasteiger partial charge is 0.497 e. The maximum absolute atomic E-state index is 11.8. The molecule has 1 aliphatic rings. The maximum atomic E-state index is 11.8. The second kappa shape index (κ2) is 8.15. The maximum Gasteiger partial charge on any atom is 0.307 e. The number of carbonyl (C=O) groups excluding carboxylic acids is 1. The van der Waals surface area contributed by atoms with E-state index in [1.807, 2.05) is 19.1 Å². The Hall–Kier alpha value is -1.59. The quantitative estimate of drug-likeness (QED) is 0.814. The first-order valence-corrected chi connectivity index (χ1v) is 7.90. The van der Waals surface area contributed by atoms with E-state index in [4.69, 9.17) is 15.2 Å². The highest BCUT2D eigenvalue weighted by Crippen LogP contribution is 2.23. The minimum Gasteiger partial charge on any atom is -0.497 e. The van der Waals surface area contributed by atoms with Crippen LogP contribution in [-0.4, -0.2) is 43.2 Å². The molecular weight excluding hydrogens is 280 g/mol. The van der Waals surface area contributed by atoms with Crippen LogP contribution in [0.15, 0.2) is 24.3 Å². The van der Waals surface area contributed by atoms with Crippen LogP contribution in [0, 0.1) is 0 Å². The second-order valence-corrected chi connectivity index (χ2v) is 5.78. The summed E-state index contributed by atoms with van der Waals surface area (Å²) in [4.78, 5) is 14.1. The fourth-order valence-corrected chi connectivity index (χ4v) is 2.93. The highest BCUT2D eigenvalue weighted by Gasteiger charge is 2.28. The van der Waals surface area contributed by atoms with Crippen molar-refractivity contribution in [2.75, 3.05) is 20.3 Å². The zero-order chi connectivity index (χ0) is 15.9. The number of rotatable bonds is 6. The van der Waals surface area contributed by atoms with Gasteiger partial charge in [-0.25, -0.2) is 0 Å². The molecule has 0 unspecified atom stereocenters. The molecule has 0 saturated carbocycles. The Balaban J connectivity index is 2.00. The number of nitrogens with zero attached hydrogens (tertiary/aromatic N) is 1. The number of hydrogen-bond donors (Lipinski definition) is 1. The Morgan fingerprint density at radius 3 is 2.68 bits per heavy atom. The van der Waals surface area contributed by atoms with Crippen LogP contribution in [0.25, 0.3) is 0 Å². The van der Waals surface area contributed by atoms with E-state index in [1.54, 1.807) is 7.11 Å². The smallest absolute Gasteiger partial charge is 0.307 e. The van der Waals surface area contributed by atoms with Crippen molar-refractivity contribution in [1.29, 1.82) is 0 Å². The summed E-state index contributed by atoms with van der Waals surface area (Å²) < 4.78 is 10.3. The van der Waals surface area contributed by atoms with Crippen molar-refractivity contribution >= 4 is 5.97 Å². The standard InChI is InChI=1S/C17H26N2O3/c1-3-22-17(20)10-15-7-6-14(18)12-19(15)11-13-4-8-16(21-2)9-5-13/h4-5,8-9,14-15H,3,6-7,10-12,18H2,1-2H3/t14-,15-/m1/s1. The number of benzene rings is 1. The number of carbonyl (C=O) groups is 1. The lowest BCUT2D eigenvalue weighted by Crippen LogP contribution is -2.48. The Kier molecular flexibility index (Phi) is 6.21. The molecular formula is C17H26N2O3. The van der Waals surface area contributed by atoms with Gasteiger partial charge >= 0.3 is 5.97 Å². The third kappa shape index (κ3) is 4.71. The van der Waals surface area contributed by atoms with E-state index in [1.165, 1.54) is 5.56 Å². The molecule has 1 fully saturated rings. The molecule has 0 aromatic heterocycles. The molecule has 5 heteroatoms. The highest BCUT2D eigenvalue weighted by atomic mass is 16.5. The van der Waals surface area contributed by atoms with Gasteiger partial charge in [-0.1, -0.05) is 12.1 Å². The Bertz CT molecular complexity index is 475. The van der Waals surface area contributed by atoms with E-state index >= 15 is 0 Å². The highest BCUT2D eigenvalue weighted by molar-refractivity contribution is 5.70. The molecule has 2 rings (SSSR count). The minimum atomic E-state index is -0.122. The van der Waals surface area contributed by atoms with Gasteiger partial charge < -0.3 is 15.2 Å². The van der Waals surface area contributed by atoms with Crippen LogP contribution in [0.4, 0.5) is 0 Å². The molecule has 1 heterocycles. The van der Waals surface area contributed by atoms with Crippen molar-refractivity contribution in [3.63, 3.8) is 0 Å². The Morgan fingerprint density at radius 1 is 1.32 bits per heavy atom. The van der Waals surface area contributed by atoms with Crippen LogP contribution in [0.1, 0.15) is 31.7 Å². The van der Waals surface area contributed by atoms with Crippen LogP contribution < -0.4 is 10.5 Å². The summed E-state index contributed by atoms with van der Waals surface area (Å²) in [7, 11) is 1.66. The summed E-state index contributed by atoms with van der Waals surface area (Å²) >= 11 is 0. The molecule has 2 N–H and O–H groups in total. The van der Waals surface area contributed by atoms with Crippen molar-refractivity contribution in [3.8, 4) is 5.75 Å². The van der Waals surface area contributed by atoms with E-state index in [0.717, 1.165) is 31.7 Å². The van der Waals surface area contributed by atoms with Crippen LogP contribution in [0.3, 0.4) is 0 Å². The van der Waals surface area contributed by atoms with Crippen molar-refractivity contribution in [1.82, 2.24) is 4.90 Å². The molecule has 1 aliphatic heterocycles. The fourth-order valence-electron chi connectivity index (χ4n) is 2.93. The van der Waals surface area contributed by atoms with Gasteiger partial charge in [-0.15, -0.1) is 0 Å². The minimum absolute atomic E-state index is 0.122. The van der Waals surface area contributed by atoms with Gasteiger partial charge in [0.25, 0.3) is 0 Å². The molecule has 1 aromatic carbocycles. The summed E-state index contributed by atoms with van der Waals surface area (Å²) in [5.74, 6) is 0.727. The molecule has 0 aliphatic carbocycles. The first-order valence-electron chi connectivity index (χ1n) is 7.90. The van der Waals surface area contributed by atoms with Crippen molar-refractivity contribution < 1.29 is 14.3 Å². The van der Waals surface area contributed by atoms with E-state index in [9.17, 15) is 4.79 Å². The van der Waals surface area contributed by atoms with E-state index < -0.39 is 0 Å².